The number of carbonyl (C=O) groups excluding carboxylic acids is 2. The van der Waals surface area contributed by atoms with E-state index >= 15 is 0 Å². The van der Waals surface area contributed by atoms with Crippen molar-refractivity contribution in [2.45, 2.75) is 11.8 Å². The van der Waals surface area contributed by atoms with Crippen LogP contribution < -0.4 is 0 Å². The Morgan fingerprint density at radius 3 is 2.53 bits per heavy atom. The van der Waals surface area contributed by atoms with E-state index in [0.29, 0.717) is 28.0 Å². The van der Waals surface area contributed by atoms with Crippen molar-refractivity contribution >= 4 is 23.0 Å². The predicted molar refractivity (Wildman–Crippen MR) is 122 cm³/mol. The summed E-state index contributed by atoms with van der Waals surface area (Å²) in [6.45, 7) is 0. The summed E-state index contributed by atoms with van der Waals surface area (Å²) in [5, 5.41) is 0. The number of aromatic nitrogens is 2. The van der Waals surface area contributed by atoms with Gasteiger partial charge in [-0.25, -0.2) is 19.6 Å². The minimum Gasteiger partial charge on any atom is -0.465 e. The van der Waals surface area contributed by atoms with E-state index in [2.05, 4.69) is 0 Å². The van der Waals surface area contributed by atoms with Crippen LogP contribution in [0.5, 0.6) is 0 Å². The van der Waals surface area contributed by atoms with Crippen molar-refractivity contribution in [2.75, 3.05) is 14.2 Å². The summed E-state index contributed by atoms with van der Waals surface area (Å²) in [7, 11) is 2.80. The number of ether oxygens (including phenoxy) is 3. The average Bonchev–Trinajstić information content (AvgIpc) is 3.33. The van der Waals surface area contributed by atoms with Crippen LogP contribution in [0.25, 0.3) is 22.3 Å². The zero-order valence-electron chi connectivity index (χ0n) is 18.4. The van der Waals surface area contributed by atoms with Crippen molar-refractivity contribution in [2.24, 2.45) is 0 Å². The molecule has 6 rings (SSSR count). The molecule has 0 saturated carbocycles. The highest BCUT2D eigenvalue weighted by molar-refractivity contribution is 6.08. The second kappa shape index (κ2) is 7.36. The molecule has 0 bridgehead atoms. The molecule has 8 nitrogen and oxygen atoms in total. The van der Waals surface area contributed by atoms with Crippen LogP contribution in [0.4, 0.5) is 0 Å². The molecule has 0 amide bonds. The van der Waals surface area contributed by atoms with E-state index in [1.807, 2.05) is 48.5 Å². The van der Waals surface area contributed by atoms with Gasteiger partial charge in [0.1, 0.15) is 17.0 Å². The number of hydrogen-bond donors (Lipinski definition) is 0. The average molecular weight is 453 g/mol. The van der Waals surface area contributed by atoms with Crippen LogP contribution in [0, 0.1) is 0 Å². The number of methoxy groups -OCH3 is 2. The maximum Gasteiger partial charge on any atom is 0.357 e. The van der Waals surface area contributed by atoms with Gasteiger partial charge in [0, 0.05) is 24.4 Å². The molecule has 3 heterocycles. The lowest BCUT2D eigenvalue weighted by Crippen LogP contribution is -2.36. The van der Waals surface area contributed by atoms with Crippen molar-refractivity contribution in [3.05, 3.63) is 95.5 Å². The highest BCUT2D eigenvalue weighted by atomic mass is 16.6. The van der Waals surface area contributed by atoms with Gasteiger partial charge in [-0.1, -0.05) is 42.5 Å². The first-order chi connectivity index (χ1) is 16.6. The van der Waals surface area contributed by atoms with Crippen LogP contribution in [0.15, 0.2) is 84.2 Å². The Morgan fingerprint density at radius 2 is 1.76 bits per heavy atom. The molecule has 2 unspecified atom stereocenters. The summed E-state index contributed by atoms with van der Waals surface area (Å²) >= 11 is 0. The lowest BCUT2D eigenvalue weighted by molar-refractivity contribution is -0.148. The standard InChI is InChI=1S/C26H19N3O5/c1-32-19-13-7-8-14-29(19)22-20(24(30)33-2)26(34-25(22)31)16-10-4-3-9-15(16)21-23(26)28-18-12-6-5-11-17(18)27-21/h3-14,19H,1-2H3. The van der Waals surface area contributed by atoms with Gasteiger partial charge in [0.25, 0.3) is 0 Å². The van der Waals surface area contributed by atoms with E-state index in [0.717, 1.165) is 5.56 Å². The van der Waals surface area contributed by atoms with Gasteiger partial charge in [-0.05, 0) is 24.3 Å². The second-order valence-electron chi connectivity index (χ2n) is 8.00. The normalized spacial score (nSPS) is 22.4. The summed E-state index contributed by atoms with van der Waals surface area (Å²) in [5.74, 6) is -1.38. The Morgan fingerprint density at radius 1 is 1.03 bits per heavy atom. The number of carbonyl (C=O) groups is 2. The summed E-state index contributed by atoms with van der Waals surface area (Å²) in [4.78, 5) is 38.2. The summed E-state index contributed by atoms with van der Waals surface area (Å²) in [5.41, 5.74) is 2.08. The van der Waals surface area contributed by atoms with Crippen LogP contribution in [0.2, 0.25) is 0 Å². The fourth-order valence-corrected chi connectivity index (χ4v) is 4.87. The largest absolute Gasteiger partial charge is 0.465 e. The molecule has 0 fully saturated rings. The molecule has 1 spiro atoms. The van der Waals surface area contributed by atoms with E-state index in [9.17, 15) is 9.59 Å². The lowest BCUT2D eigenvalue weighted by atomic mass is 9.86. The summed E-state index contributed by atoms with van der Waals surface area (Å²) < 4.78 is 16.9. The van der Waals surface area contributed by atoms with Gasteiger partial charge in [0.05, 0.1) is 23.8 Å². The highest BCUT2D eigenvalue weighted by Crippen LogP contribution is 2.56. The van der Waals surface area contributed by atoms with E-state index in [1.54, 1.807) is 29.3 Å². The number of benzene rings is 2. The minimum atomic E-state index is -1.60. The number of nitrogens with zero attached hydrogens (tertiary/aromatic N) is 3. The first kappa shape index (κ1) is 20.3. The third-order valence-corrected chi connectivity index (χ3v) is 6.29. The molecular formula is C26H19N3O5. The zero-order valence-corrected chi connectivity index (χ0v) is 18.4. The van der Waals surface area contributed by atoms with Crippen molar-refractivity contribution in [1.82, 2.24) is 14.9 Å². The van der Waals surface area contributed by atoms with Gasteiger partial charge >= 0.3 is 11.9 Å². The minimum absolute atomic E-state index is 0.0388. The quantitative estimate of drug-likeness (QED) is 0.559. The Kier molecular flexibility index (Phi) is 4.40. The monoisotopic (exact) mass is 453 g/mol. The van der Waals surface area contributed by atoms with Crippen molar-refractivity contribution in [3.63, 3.8) is 0 Å². The molecular weight excluding hydrogens is 434 g/mol. The summed E-state index contributed by atoms with van der Waals surface area (Å²) in [6.07, 6.45) is 6.38. The molecule has 0 radical (unpaired) electrons. The maximum atomic E-state index is 13.5. The van der Waals surface area contributed by atoms with Gasteiger partial charge < -0.3 is 19.1 Å². The Balaban J connectivity index is 1.71. The van der Waals surface area contributed by atoms with E-state index in [-0.39, 0.29) is 11.3 Å². The van der Waals surface area contributed by atoms with Crippen molar-refractivity contribution < 1.29 is 23.8 Å². The van der Waals surface area contributed by atoms with Crippen LogP contribution in [0.3, 0.4) is 0 Å². The SMILES string of the molecule is COC(=O)C1=C(N2C=CC=CC2OC)C(=O)OC12c1ccccc1-c1nc3ccccc3nc12. The third-order valence-electron chi connectivity index (χ3n) is 6.29. The molecule has 34 heavy (non-hydrogen) atoms. The highest BCUT2D eigenvalue weighted by Gasteiger charge is 2.61. The predicted octanol–water partition coefficient (Wildman–Crippen LogP) is 3.20. The molecule has 3 aromatic rings. The molecule has 168 valence electrons. The molecule has 2 atom stereocenters. The summed E-state index contributed by atoms with van der Waals surface area (Å²) in [6, 6.07) is 14.8. The number of rotatable bonds is 3. The Labute approximate surface area is 194 Å². The smallest absolute Gasteiger partial charge is 0.357 e. The van der Waals surface area contributed by atoms with E-state index < -0.39 is 23.8 Å². The van der Waals surface area contributed by atoms with Gasteiger partial charge in [0.15, 0.2) is 6.23 Å². The number of fused-ring (bicyclic) bond motifs is 6. The van der Waals surface area contributed by atoms with Gasteiger partial charge in [-0.3, -0.25) is 0 Å². The fourth-order valence-electron chi connectivity index (χ4n) is 4.87. The first-order valence-corrected chi connectivity index (χ1v) is 10.7. The Bertz CT molecular complexity index is 1470. The number of esters is 2. The van der Waals surface area contributed by atoms with Crippen molar-refractivity contribution in [1.29, 1.82) is 0 Å². The number of hydrogen-bond acceptors (Lipinski definition) is 8. The van der Waals surface area contributed by atoms with Gasteiger partial charge in [0.2, 0.25) is 5.60 Å². The van der Waals surface area contributed by atoms with Crippen LogP contribution in [-0.4, -0.2) is 47.3 Å². The maximum absolute atomic E-state index is 13.5. The number of para-hydroxylation sites is 2. The molecule has 0 N–H and O–H groups in total. The van der Waals surface area contributed by atoms with Gasteiger partial charge in [-0.15, -0.1) is 0 Å². The molecule has 1 aromatic heterocycles. The molecule has 3 aliphatic rings. The number of allylic oxidation sites excluding steroid dienone is 2. The molecule has 2 aromatic carbocycles. The first-order valence-electron chi connectivity index (χ1n) is 10.7. The van der Waals surface area contributed by atoms with Gasteiger partial charge in [-0.2, -0.15) is 0 Å². The van der Waals surface area contributed by atoms with E-state index in [4.69, 9.17) is 24.2 Å². The zero-order chi connectivity index (χ0) is 23.4. The van der Waals surface area contributed by atoms with Crippen LogP contribution in [-0.2, 0) is 29.4 Å². The van der Waals surface area contributed by atoms with Crippen LogP contribution >= 0.6 is 0 Å². The molecule has 8 heteroatoms. The topological polar surface area (TPSA) is 90.8 Å². The molecule has 1 aliphatic carbocycles. The fraction of sp³-hybridized carbons (Fsp3) is 0.154. The van der Waals surface area contributed by atoms with Crippen LogP contribution in [0.1, 0.15) is 11.3 Å². The second-order valence-corrected chi connectivity index (χ2v) is 8.00. The Hall–Kier alpha value is -4.30. The molecule has 2 aliphatic heterocycles. The molecule has 0 saturated heterocycles. The van der Waals surface area contributed by atoms with E-state index in [1.165, 1.54) is 14.2 Å². The lowest BCUT2D eigenvalue weighted by Gasteiger charge is -2.29. The van der Waals surface area contributed by atoms with Crippen molar-refractivity contribution in [3.8, 4) is 11.3 Å². The third kappa shape index (κ3) is 2.57.